The maximum atomic E-state index is 11.8. The van der Waals surface area contributed by atoms with Gasteiger partial charge in [-0.25, -0.2) is 0 Å². The minimum absolute atomic E-state index is 0.0917. The van der Waals surface area contributed by atoms with Gasteiger partial charge in [-0.15, -0.1) is 10.2 Å². The molecule has 1 aromatic heterocycles. The van der Waals surface area contributed by atoms with Crippen molar-refractivity contribution in [2.75, 3.05) is 17.7 Å². The van der Waals surface area contributed by atoms with Crippen LogP contribution < -0.4 is 10.6 Å². The average molecular weight is 279 g/mol. The molecule has 0 aliphatic heterocycles. The number of nitrogens with one attached hydrogen (secondary N) is 2. The van der Waals surface area contributed by atoms with Crippen molar-refractivity contribution in [2.24, 2.45) is 0 Å². The van der Waals surface area contributed by atoms with Crippen LogP contribution in [0.5, 0.6) is 0 Å². The van der Waals surface area contributed by atoms with E-state index in [0.29, 0.717) is 10.8 Å². The van der Waals surface area contributed by atoms with Gasteiger partial charge in [-0.1, -0.05) is 17.4 Å². The minimum atomic E-state index is -0.528. The van der Waals surface area contributed by atoms with Crippen molar-refractivity contribution in [1.29, 1.82) is 0 Å². The molecule has 0 saturated heterocycles. The van der Waals surface area contributed by atoms with Crippen LogP contribution in [-0.4, -0.2) is 28.1 Å². The molecule has 0 saturated carbocycles. The number of rotatable bonds is 4. The number of anilines is 2. The third kappa shape index (κ3) is 3.01. The van der Waals surface area contributed by atoms with Crippen molar-refractivity contribution in [1.82, 2.24) is 10.2 Å². The topological polar surface area (TPSA) is 110 Å². The lowest BCUT2D eigenvalue weighted by Gasteiger charge is -2.01. The van der Waals surface area contributed by atoms with Crippen LogP contribution in [0.2, 0.25) is 0 Å². The lowest BCUT2D eigenvalue weighted by Crippen LogP contribution is -2.11. The zero-order valence-corrected chi connectivity index (χ0v) is 10.6. The molecule has 0 fully saturated rings. The molecule has 98 valence electrons. The molecular weight excluding hydrogens is 270 g/mol. The fourth-order valence-corrected chi connectivity index (χ4v) is 1.89. The number of benzene rings is 1. The first kappa shape index (κ1) is 12.9. The van der Waals surface area contributed by atoms with Crippen LogP contribution in [-0.2, 0) is 0 Å². The summed E-state index contributed by atoms with van der Waals surface area (Å²) in [5, 5.41) is 24.0. The summed E-state index contributed by atoms with van der Waals surface area (Å²) < 4.78 is 0. The minimum Gasteiger partial charge on any atom is -0.363 e. The van der Waals surface area contributed by atoms with Gasteiger partial charge in [0, 0.05) is 24.9 Å². The molecule has 1 amide bonds. The third-order valence-corrected chi connectivity index (χ3v) is 3.09. The van der Waals surface area contributed by atoms with Gasteiger partial charge in [0.05, 0.1) is 4.92 Å². The number of nitrogens with zero attached hydrogens (tertiary/aromatic N) is 3. The first-order valence-corrected chi connectivity index (χ1v) is 5.99. The van der Waals surface area contributed by atoms with Gasteiger partial charge in [0.25, 0.3) is 11.6 Å². The Morgan fingerprint density at radius 1 is 1.42 bits per heavy atom. The molecule has 0 bridgehead atoms. The fraction of sp³-hybridized carbons (Fsp3) is 0.100. The van der Waals surface area contributed by atoms with E-state index in [0.717, 1.165) is 11.3 Å². The van der Waals surface area contributed by atoms with Crippen molar-refractivity contribution in [3.63, 3.8) is 0 Å². The van der Waals surface area contributed by atoms with E-state index in [-0.39, 0.29) is 10.7 Å². The molecule has 1 aromatic carbocycles. The van der Waals surface area contributed by atoms with Gasteiger partial charge in [0.15, 0.2) is 0 Å². The summed E-state index contributed by atoms with van der Waals surface area (Å²) >= 11 is 1.09. The Morgan fingerprint density at radius 3 is 2.84 bits per heavy atom. The second kappa shape index (κ2) is 5.40. The highest BCUT2D eigenvalue weighted by Crippen LogP contribution is 2.19. The van der Waals surface area contributed by atoms with Crippen molar-refractivity contribution in [3.8, 4) is 0 Å². The van der Waals surface area contributed by atoms with Gasteiger partial charge in [-0.3, -0.25) is 14.9 Å². The number of aromatic nitrogens is 2. The maximum absolute atomic E-state index is 11.8. The molecule has 9 heteroatoms. The normalized spacial score (nSPS) is 9.95. The molecule has 8 nitrogen and oxygen atoms in total. The van der Waals surface area contributed by atoms with E-state index in [9.17, 15) is 14.9 Å². The monoisotopic (exact) mass is 279 g/mol. The van der Waals surface area contributed by atoms with Crippen LogP contribution in [0.15, 0.2) is 24.3 Å². The van der Waals surface area contributed by atoms with E-state index >= 15 is 0 Å². The second-order valence-electron chi connectivity index (χ2n) is 3.42. The first-order valence-electron chi connectivity index (χ1n) is 5.17. The number of non-ortho nitro benzene ring substituents is 1. The lowest BCUT2D eigenvalue weighted by atomic mass is 10.3. The first-order chi connectivity index (χ1) is 9.10. The van der Waals surface area contributed by atoms with Crippen molar-refractivity contribution in [3.05, 3.63) is 39.4 Å². The number of hydrogen-bond acceptors (Lipinski definition) is 7. The highest BCUT2D eigenvalue weighted by molar-refractivity contribution is 7.17. The van der Waals surface area contributed by atoms with Crippen LogP contribution in [0.1, 0.15) is 9.80 Å². The van der Waals surface area contributed by atoms with Crippen molar-refractivity contribution in [2.45, 2.75) is 0 Å². The molecule has 2 aromatic rings. The van der Waals surface area contributed by atoms with Gasteiger partial charge in [-0.2, -0.15) is 0 Å². The summed E-state index contributed by atoms with van der Waals surface area (Å²) in [4.78, 5) is 21.9. The number of nitro benzene ring substituents is 1. The number of carbonyl (C=O) groups excluding carboxylic acids is 1. The molecule has 2 rings (SSSR count). The second-order valence-corrected chi connectivity index (χ2v) is 4.40. The molecule has 1 heterocycles. The Labute approximate surface area is 111 Å². The highest BCUT2D eigenvalue weighted by Gasteiger charge is 2.14. The van der Waals surface area contributed by atoms with Crippen molar-refractivity contribution >= 4 is 33.8 Å². The Bertz CT molecular complexity index is 627. The SMILES string of the molecule is CNc1nnc(C(=O)Nc2cccc([N+](=O)[O-])c2)s1. The van der Waals surface area contributed by atoms with E-state index in [1.165, 1.54) is 18.2 Å². The fourth-order valence-electron chi connectivity index (χ4n) is 1.30. The van der Waals surface area contributed by atoms with E-state index in [2.05, 4.69) is 20.8 Å². The largest absolute Gasteiger partial charge is 0.363 e. The molecule has 0 spiro atoms. The number of nitro groups is 1. The van der Waals surface area contributed by atoms with Gasteiger partial charge in [0.1, 0.15) is 0 Å². The van der Waals surface area contributed by atoms with Crippen LogP contribution in [0, 0.1) is 10.1 Å². The highest BCUT2D eigenvalue weighted by atomic mass is 32.1. The molecule has 0 aliphatic rings. The summed E-state index contributed by atoms with van der Waals surface area (Å²) in [6.45, 7) is 0. The summed E-state index contributed by atoms with van der Waals surface area (Å²) in [6.07, 6.45) is 0. The van der Waals surface area contributed by atoms with E-state index in [1.807, 2.05) is 0 Å². The van der Waals surface area contributed by atoms with Crippen LogP contribution >= 0.6 is 11.3 Å². The zero-order valence-electron chi connectivity index (χ0n) is 9.78. The maximum Gasteiger partial charge on any atom is 0.286 e. The summed E-state index contributed by atoms with van der Waals surface area (Å²) in [5.74, 6) is -0.459. The molecule has 0 atom stereocenters. The molecule has 19 heavy (non-hydrogen) atoms. The lowest BCUT2D eigenvalue weighted by molar-refractivity contribution is -0.384. The zero-order chi connectivity index (χ0) is 13.8. The molecule has 0 aliphatic carbocycles. The van der Waals surface area contributed by atoms with Crippen molar-refractivity contribution < 1.29 is 9.72 Å². The Balaban J connectivity index is 2.14. The van der Waals surface area contributed by atoms with Gasteiger partial charge < -0.3 is 10.6 Å². The predicted molar refractivity (Wildman–Crippen MR) is 70.5 cm³/mol. The number of hydrogen-bond donors (Lipinski definition) is 2. The molecule has 2 N–H and O–H groups in total. The molecule has 0 unspecified atom stereocenters. The van der Waals surface area contributed by atoms with Gasteiger partial charge in [-0.05, 0) is 6.07 Å². The Hall–Kier alpha value is -2.55. The smallest absolute Gasteiger partial charge is 0.286 e. The average Bonchev–Trinajstić information content (AvgIpc) is 2.88. The van der Waals surface area contributed by atoms with Crippen LogP contribution in [0.4, 0.5) is 16.5 Å². The summed E-state index contributed by atoms with van der Waals surface area (Å²) in [5.41, 5.74) is 0.242. The molecular formula is C10H9N5O3S. The van der Waals surface area contributed by atoms with E-state index < -0.39 is 10.8 Å². The quantitative estimate of drug-likeness (QED) is 0.651. The van der Waals surface area contributed by atoms with Gasteiger partial charge in [0.2, 0.25) is 10.1 Å². The summed E-state index contributed by atoms with van der Waals surface area (Å²) in [7, 11) is 1.67. The third-order valence-electron chi connectivity index (χ3n) is 2.15. The Kier molecular flexibility index (Phi) is 3.66. The van der Waals surface area contributed by atoms with E-state index in [4.69, 9.17) is 0 Å². The number of amides is 1. The van der Waals surface area contributed by atoms with Crippen LogP contribution in [0.25, 0.3) is 0 Å². The number of carbonyl (C=O) groups is 1. The molecule has 0 radical (unpaired) electrons. The standard InChI is InChI=1S/C10H9N5O3S/c1-11-10-14-13-9(19-10)8(16)12-6-3-2-4-7(5-6)15(17)18/h2-5H,1H3,(H,11,14)(H,12,16). The predicted octanol–water partition coefficient (Wildman–Crippen LogP) is 1.74. The van der Waals surface area contributed by atoms with Gasteiger partial charge >= 0.3 is 0 Å². The van der Waals surface area contributed by atoms with Crippen LogP contribution in [0.3, 0.4) is 0 Å². The Morgan fingerprint density at radius 2 is 2.21 bits per heavy atom. The van der Waals surface area contributed by atoms with E-state index in [1.54, 1.807) is 13.1 Å². The summed E-state index contributed by atoms with van der Waals surface area (Å²) in [6, 6.07) is 5.68.